The van der Waals surface area contributed by atoms with Crippen LogP contribution in [0.5, 0.6) is 11.5 Å². The lowest BCUT2D eigenvalue weighted by molar-refractivity contribution is -0.118. The van der Waals surface area contributed by atoms with Crippen molar-refractivity contribution in [3.8, 4) is 17.2 Å². The molecule has 2 heterocycles. The highest BCUT2D eigenvalue weighted by atomic mass is 32.2. The van der Waals surface area contributed by atoms with E-state index < -0.39 is 0 Å². The van der Waals surface area contributed by atoms with Crippen LogP contribution in [0.4, 0.5) is 0 Å². The van der Waals surface area contributed by atoms with Crippen LogP contribution in [0.1, 0.15) is 28.8 Å². The van der Waals surface area contributed by atoms with Crippen molar-refractivity contribution in [2.24, 2.45) is 5.10 Å². The summed E-state index contributed by atoms with van der Waals surface area (Å²) in [6.45, 7) is 0. The molecule has 2 N–H and O–H groups in total. The number of benzene rings is 2. The highest BCUT2D eigenvalue weighted by Gasteiger charge is 2.23. The average Bonchev–Trinajstić information content (AvgIpc) is 3.27. The monoisotopic (exact) mass is 520 g/mol. The average molecular weight is 521 g/mol. The summed E-state index contributed by atoms with van der Waals surface area (Å²) in [4.78, 5) is 33.0. The van der Waals surface area contributed by atoms with Crippen LogP contribution in [-0.4, -0.2) is 39.6 Å². The van der Waals surface area contributed by atoms with Gasteiger partial charge in [0.05, 0.1) is 30.2 Å². The van der Waals surface area contributed by atoms with Crippen molar-refractivity contribution in [3.63, 3.8) is 0 Å². The zero-order valence-electron chi connectivity index (χ0n) is 19.6. The number of phenols is 1. The maximum absolute atomic E-state index is 13.7. The van der Waals surface area contributed by atoms with E-state index in [9.17, 15) is 14.7 Å². The van der Waals surface area contributed by atoms with E-state index in [0.717, 1.165) is 41.8 Å². The molecule has 0 saturated heterocycles. The van der Waals surface area contributed by atoms with Crippen LogP contribution in [0.3, 0.4) is 0 Å². The normalized spacial score (nSPS) is 13.1. The van der Waals surface area contributed by atoms with Gasteiger partial charge in [0, 0.05) is 4.88 Å². The predicted octanol–water partition coefficient (Wildman–Crippen LogP) is 4.28. The molecule has 10 heteroatoms. The zero-order chi connectivity index (χ0) is 25.1. The van der Waals surface area contributed by atoms with Crippen molar-refractivity contribution in [2.45, 2.75) is 30.8 Å². The number of nitrogens with zero attached hydrogens (tertiary/aromatic N) is 3. The van der Waals surface area contributed by atoms with Crippen molar-refractivity contribution in [1.82, 2.24) is 15.0 Å². The van der Waals surface area contributed by atoms with Crippen LogP contribution < -0.4 is 15.7 Å². The van der Waals surface area contributed by atoms with Gasteiger partial charge in [-0.25, -0.2) is 10.4 Å². The van der Waals surface area contributed by atoms with Crippen LogP contribution in [0.2, 0.25) is 0 Å². The number of thiophene rings is 1. The molecule has 1 aliphatic carbocycles. The Kier molecular flexibility index (Phi) is 7.06. The summed E-state index contributed by atoms with van der Waals surface area (Å²) in [5, 5.41) is 14.9. The number of hydrogen-bond acceptors (Lipinski definition) is 8. The Bertz CT molecular complexity index is 1510. The molecular weight excluding hydrogens is 496 g/mol. The number of thioether (sulfide) groups is 1. The van der Waals surface area contributed by atoms with E-state index in [4.69, 9.17) is 9.72 Å². The van der Waals surface area contributed by atoms with Crippen molar-refractivity contribution < 1.29 is 14.6 Å². The number of aromatic nitrogens is 2. The van der Waals surface area contributed by atoms with Crippen LogP contribution in [-0.2, 0) is 17.6 Å². The lowest BCUT2D eigenvalue weighted by atomic mass is 9.97. The van der Waals surface area contributed by atoms with Crippen LogP contribution in [0.25, 0.3) is 15.9 Å². The first-order valence-corrected chi connectivity index (χ1v) is 13.3. The van der Waals surface area contributed by atoms with E-state index in [1.54, 1.807) is 28.0 Å². The van der Waals surface area contributed by atoms with Gasteiger partial charge in [-0.1, -0.05) is 30.0 Å². The minimum Gasteiger partial charge on any atom is -0.504 e. The third-order valence-electron chi connectivity index (χ3n) is 5.91. The van der Waals surface area contributed by atoms with E-state index in [1.165, 1.54) is 36.0 Å². The second-order valence-corrected chi connectivity index (χ2v) is 10.3. The summed E-state index contributed by atoms with van der Waals surface area (Å²) in [6, 6.07) is 14.1. The van der Waals surface area contributed by atoms with E-state index in [1.807, 2.05) is 30.3 Å². The van der Waals surface area contributed by atoms with Crippen molar-refractivity contribution >= 4 is 45.4 Å². The number of nitrogens with one attached hydrogen (secondary N) is 1. The topological polar surface area (TPSA) is 106 Å². The van der Waals surface area contributed by atoms with E-state index in [2.05, 4.69) is 10.5 Å². The fourth-order valence-electron chi connectivity index (χ4n) is 4.20. The number of ether oxygens (including phenoxy) is 1. The van der Waals surface area contributed by atoms with Gasteiger partial charge in [-0.3, -0.25) is 14.2 Å². The van der Waals surface area contributed by atoms with E-state index in [-0.39, 0.29) is 23.0 Å². The lowest BCUT2D eigenvalue weighted by Crippen LogP contribution is -2.24. The molecule has 0 aliphatic heterocycles. The Morgan fingerprint density at radius 3 is 2.86 bits per heavy atom. The molecule has 184 valence electrons. The van der Waals surface area contributed by atoms with Gasteiger partial charge in [-0.15, -0.1) is 11.3 Å². The lowest BCUT2D eigenvalue weighted by Gasteiger charge is -2.13. The number of rotatable bonds is 7. The quantitative estimate of drug-likeness (QED) is 0.163. The highest BCUT2D eigenvalue weighted by Crippen LogP contribution is 2.35. The summed E-state index contributed by atoms with van der Waals surface area (Å²) in [7, 11) is 1.46. The zero-order valence-corrected chi connectivity index (χ0v) is 21.2. The fourth-order valence-corrected chi connectivity index (χ4v) is 6.31. The van der Waals surface area contributed by atoms with Gasteiger partial charge in [0.25, 0.3) is 11.5 Å². The molecule has 2 aromatic heterocycles. The molecular formula is C26H24N4O4S2. The van der Waals surface area contributed by atoms with Crippen LogP contribution >= 0.6 is 23.1 Å². The number of hydrazone groups is 1. The molecule has 2 aromatic carbocycles. The van der Waals surface area contributed by atoms with Gasteiger partial charge < -0.3 is 9.84 Å². The van der Waals surface area contributed by atoms with Gasteiger partial charge in [0.15, 0.2) is 16.7 Å². The number of carbonyl (C=O) groups excluding carboxylic acids is 1. The van der Waals surface area contributed by atoms with Crippen LogP contribution in [0, 0.1) is 0 Å². The number of amides is 1. The summed E-state index contributed by atoms with van der Waals surface area (Å²) in [5.74, 6) is 0.0417. The summed E-state index contributed by atoms with van der Waals surface area (Å²) < 4.78 is 6.68. The molecule has 0 bridgehead atoms. The molecule has 0 spiro atoms. The minimum absolute atomic E-state index is 0.0237. The van der Waals surface area contributed by atoms with Gasteiger partial charge >= 0.3 is 0 Å². The molecule has 0 saturated carbocycles. The number of para-hydroxylation sites is 1. The van der Waals surface area contributed by atoms with Crippen molar-refractivity contribution in [2.75, 3.05) is 12.9 Å². The van der Waals surface area contributed by atoms with Crippen molar-refractivity contribution in [1.29, 1.82) is 0 Å². The molecule has 8 nitrogen and oxygen atoms in total. The van der Waals surface area contributed by atoms with Gasteiger partial charge in [-0.05, 0) is 67.1 Å². The SMILES string of the molecule is COc1cc(/C=N/NC(=O)CSc2nc3sc4c(c3c(=O)n2-c2ccccc2)CCCC4)ccc1O. The first-order valence-electron chi connectivity index (χ1n) is 11.5. The Morgan fingerprint density at radius 2 is 2.06 bits per heavy atom. The van der Waals surface area contributed by atoms with Crippen molar-refractivity contribution in [3.05, 3.63) is 74.9 Å². The molecule has 4 aromatic rings. The van der Waals surface area contributed by atoms with Gasteiger partial charge in [0.1, 0.15) is 4.83 Å². The highest BCUT2D eigenvalue weighted by molar-refractivity contribution is 7.99. The smallest absolute Gasteiger partial charge is 0.267 e. The molecule has 1 amide bonds. The number of carbonyl (C=O) groups is 1. The third kappa shape index (κ3) is 4.87. The Labute approximate surface area is 215 Å². The molecule has 36 heavy (non-hydrogen) atoms. The number of hydrogen-bond donors (Lipinski definition) is 2. The third-order valence-corrected chi connectivity index (χ3v) is 8.04. The summed E-state index contributed by atoms with van der Waals surface area (Å²) in [6.07, 6.45) is 5.56. The minimum atomic E-state index is -0.332. The Balaban J connectivity index is 1.38. The van der Waals surface area contributed by atoms with Crippen LogP contribution in [0.15, 0.2) is 63.6 Å². The molecule has 1 aliphatic rings. The van der Waals surface area contributed by atoms with Gasteiger partial charge in [0.2, 0.25) is 0 Å². The standard InChI is InChI=1S/C26H24N4O4S2/c1-34-20-13-16(11-12-19(20)31)14-27-29-22(32)15-35-26-28-24-23(18-9-5-6-10-21(18)36-24)25(33)30(26)17-7-3-2-4-8-17/h2-4,7-8,11-14,31H,5-6,9-10,15H2,1H3,(H,29,32)/b27-14+. The number of aryl methyl sites for hydroxylation is 2. The summed E-state index contributed by atoms with van der Waals surface area (Å²) in [5.41, 5.74) is 4.92. The number of methoxy groups -OCH3 is 1. The maximum atomic E-state index is 13.7. The molecule has 0 fully saturated rings. The first-order chi connectivity index (χ1) is 17.5. The maximum Gasteiger partial charge on any atom is 0.267 e. The molecule has 0 unspecified atom stereocenters. The van der Waals surface area contributed by atoms with E-state index >= 15 is 0 Å². The largest absolute Gasteiger partial charge is 0.504 e. The number of phenolic OH excluding ortho intramolecular Hbond substituents is 1. The molecule has 0 atom stereocenters. The van der Waals surface area contributed by atoms with Gasteiger partial charge in [-0.2, -0.15) is 5.10 Å². The number of aromatic hydroxyl groups is 1. The number of fused-ring (bicyclic) bond motifs is 3. The second-order valence-electron chi connectivity index (χ2n) is 8.27. The summed E-state index contributed by atoms with van der Waals surface area (Å²) >= 11 is 2.79. The second kappa shape index (κ2) is 10.5. The fraction of sp³-hybridized carbons (Fsp3) is 0.231. The molecule has 5 rings (SSSR count). The first kappa shape index (κ1) is 24.1. The predicted molar refractivity (Wildman–Crippen MR) is 143 cm³/mol. The molecule has 0 radical (unpaired) electrons. The Morgan fingerprint density at radius 1 is 1.25 bits per heavy atom. The van der Waals surface area contributed by atoms with E-state index in [0.29, 0.717) is 21.9 Å². The Hall–Kier alpha value is -3.63.